The Bertz CT molecular complexity index is 1330. The Kier molecular flexibility index (Phi) is 6.32. The fourth-order valence-corrected chi connectivity index (χ4v) is 4.66. The summed E-state index contributed by atoms with van der Waals surface area (Å²) in [6, 6.07) is 14.2. The molecular weight excluding hydrogens is 486 g/mol. The Hall–Kier alpha value is -3.47. The van der Waals surface area contributed by atoms with Crippen LogP contribution < -0.4 is 10.2 Å². The molecule has 11 heteroatoms. The van der Waals surface area contributed by atoms with Crippen LogP contribution in [0.5, 0.6) is 0 Å². The number of carbonyl (C=O) groups excluding carboxylic acids is 2. The lowest BCUT2D eigenvalue weighted by Crippen LogP contribution is -2.27. The normalized spacial score (nSPS) is 14.7. The van der Waals surface area contributed by atoms with E-state index in [0.717, 1.165) is 11.8 Å². The number of amides is 2. The number of anilines is 2. The lowest BCUT2D eigenvalue weighted by molar-refractivity contribution is -0.384. The number of nitro benzene ring substituents is 1. The van der Waals surface area contributed by atoms with Crippen molar-refractivity contribution in [2.24, 2.45) is 0 Å². The number of nitrogens with zero attached hydrogens (tertiary/aromatic N) is 2. The first-order chi connectivity index (χ1) is 15.7. The highest BCUT2D eigenvalue weighted by Gasteiger charge is 2.33. The number of thioether (sulfide) groups is 1. The predicted octanol–water partition coefficient (Wildman–Crippen LogP) is 5.87. The van der Waals surface area contributed by atoms with Crippen molar-refractivity contribution in [3.63, 3.8) is 0 Å². The van der Waals surface area contributed by atoms with Crippen LogP contribution in [0.25, 0.3) is 17.4 Å². The van der Waals surface area contributed by atoms with E-state index in [4.69, 9.17) is 28.2 Å². The van der Waals surface area contributed by atoms with Crippen LogP contribution in [0.1, 0.15) is 12.7 Å². The minimum absolute atomic E-state index is 0.121. The molecule has 0 atom stereocenters. The Morgan fingerprint density at radius 1 is 1.21 bits per heavy atom. The third-order valence-corrected chi connectivity index (χ3v) is 6.18. The summed E-state index contributed by atoms with van der Waals surface area (Å²) in [4.78, 5) is 36.3. The van der Waals surface area contributed by atoms with E-state index >= 15 is 0 Å². The maximum Gasteiger partial charge on any atom is 0.270 e. The molecule has 0 saturated carbocycles. The molecule has 2 aromatic carbocycles. The number of hydrogen-bond acceptors (Lipinski definition) is 7. The lowest BCUT2D eigenvalue weighted by atomic mass is 10.1. The van der Waals surface area contributed by atoms with Crippen molar-refractivity contribution in [3.05, 3.63) is 80.4 Å². The zero-order valence-electron chi connectivity index (χ0n) is 16.9. The van der Waals surface area contributed by atoms with Gasteiger partial charge in [0.2, 0.25) is 5.91 Å². The smallest absolute Gasteiger partial charge is 0.270 e. The molecule has 3 aromatic rings. The van der Waals surface area contributed by atoms with E-state index in [0.29, 0.717) is 37.7 Å². The molecule has 2 heterocycles. The van der Waals surface area contributed by atoms with Gasteiger partial charge >= 0.3 is 0 Å². The molecule has 1 aliphatic heterocycles. The summed E-state index contributed by atoms with van der Waals surface area (Å²) in [5.74, 6) is 0.318. The largest absolute Gasteiger partial charge is 0.457 e. The Labute approximate surface area is 202 Å². The second kappa shape index (κ2) is 9.18. The van der Waals surface area contributed by atoms with E-state index in [1.54, 1.807) is 42.5 Å². The first-order valence-corrected chi connectivity index (χ1v) is 11.0. The van der Waals surface area contributed by atoms with E-state index in [-0.39, 0.29) is 22.5 Å². The Morgan fingerprint density at radius 3 is 2.58 bits per heavy atom. The maximum absolute atomic E-state index is 13.0. The number of thiocarbonyl (C=S) groups is 1. The second-order valence-corrected chi connectivity index (χ2v) is 8.95. The zero-order valence-corrected chi connectivity index (χ0v) is 19.3. The molecule has 2 amide bonds. The fraction of sp³-hybridized carbons (Fsp3) is 0.0455. The molecule has 0 bridgehead atoms. The van der Waals surface area contributed by atoms with Crippen molar-refractivity contribution in [1.82, 2.24) is 0 Å². The Balaban J connectivity index is 1.55. The van der Waals surface area contributed by atoms with Crippen LogP contribution in [0.15, 0.2) is 63.9 Å². The maximum atomic E-state index is 13.0. The van der Waals surface area contributed by atoms with Crippen LogP contribution in [0.4, 0.5) is 17.1 Å². The van der Waals surface area contributed by atoms with Gasteiger partial charge in [-0.2, -0.15) is 0 Å². The minimum atomic E-state index is -0.529. The minimum Gasteiger partial charge on any atom is -0.457 e. The summed E-state index contributed by atoms with van der Waals surface area (Å²) in [7, 11) is 0. The average Bonchev–Trinajstić information content (AvgIpc) is 3.32. The summed E-state index contributed by atoms with van der Waals surface area (Å²) in [5.41, 5.74) is 1.56. The first-order valence-electron chi connectivity index (χ1n) is 9.42. The van der Waals surface area contributed by atoms with Crippen LogP contribution in [-0.2, 0) is 9.59 Å². The molecule has 1 aromatic heterocycles. The summed E-state index contributed by atoms with van der Waals surface area (Å²) in [5, 5.41) is 13.7. The molecule has 4 rings (SSSR count). The van der Waals surface area contributed by atoms with Crippen molar-refractivity contribution in [2.75, 3.05) is 10.2 Å². The van der Waals surface area contributed by atoms with E-state index in [1.165, 1.54) is 30.0 Å². The number of benzene rings is 2. The van der Waals surface area contributed by atoms with Gasteiger partial charge in [0.1, 0.15) is 11.5 Å². The van der Waals surface area contributed by atoms with E-state index in [9.17, 15) is 19.7 Å². The molecular formula is C22H14ClN3O5S2. The van der Waals surface area contributed by atoms with Gasteiger partial charge in [-0.05, 0) is 42.5 Å². The third kappa shape index (κ3) is 4.82. The van der Waals surface area contributed by atoms with Crippen LogP contribution >= 0.6 is 35.6 Å². The van der Waals surface area contributed by atoms with Crippen LogP contribution in [-0.4, -0.2) is 21.1 Å². The predicted molar refractivity (Wildman–Crippen MR) is 132 cm³/mol. The van der Waals surface area contributed by atoms with Crippen molar-refractivity contribution in [3.8, 4) is 11.3 Å². The third-order valence-electron chi connectivity index (χ3n) is 4.57. The number of rotatable bonds is 5. The molecule has 33 heavy (non-hydrogen) atoms. The Morgan fingerprint density at radius 2 is 1.94 bits per heavy atom. The van der Waals surface area contributed by atoms with Crippen LogP contribution in [0.2, 0.25) is 5.02 Å². The summed E-state index contributed by atoms with van der Waals surface area (Å²) in [6.45, 7) is 1.41. The molecule has 0 aliphatic carbocycles. The van der Waals surface area contributed by atoms with E-state index in [1.807, 2.05) is 0 Å². The van der Waals surface area contributed by atoms with E-state index < -0.39 is 4.92 Å². The highest BCUT2D eigenvalue weighted by Crippen LogP contribution is 2.38. The molecule has 166 valence electrons. The number of halogens is 1. The molecule has 0 spiro atoms. The highest BCUT2D eigenvalue weighted by molar-refractivity contribution is 8.27. The van der Waals surface area contributed by atoms with Crippen molar-refractivity contribution in [1.29, 1.82) is 0 Å². The molecule has 0 radical (unpaired) electrons. The van der Waals surface area contributed by atoms with Crippen LogP contribution in [0.3, 0.4) is 0 Å². The van der Waals surface area contributed by atoms with Gasteiger partial charge in [-0.15, -0.1) is 0 Å². The van der Waals surface area contributed by atoms with Crippen LogP contribution in [0, 0.1) is 10.1 Å². The molecule has 1 saturated heterocycles. The van der Waals surface area contributed by atoms with Gasteiger partial charge in [-0.25, -0.2) is 0 Å². The highest BCUT2D eigenvalue weighted by atomic mass is 35.5. The number of nitrogens with one attached hydrogen (secondary N) is 1. The number of hydrogen-bond donors (Lipinski definition) is 1. The SMILES string of the molecule is CC(=O)Nc1ccc(N2C(=O)/C(=C\c3ccc(-c4ccc([N+](=O)[O-])cc4Cl)o3)SC2=S)cc1. The van der Waals surface area contributed by atoms with Gasteiger partial charge in [-0.3, -0.25) is 24.6 Å². The zero-order chi connectivity index (χ0) is 23.7. The summed E-state index contributed by atoms with van der Waals surface area (Å²) in [6.07, 6.45) is 1.58. The fourth-order valence-electron chi connectivity index (χ4n) is 3.11. The molecule has 1 aliphatic rings. The van der Waals surface area contributed by atoms with Gasteiger partial charge < -0.3 is 9.73 Å². The average molecular weight is 500 g/mol. The van der Waals surface area contributed by atoms with Crippen molar-refractivity contribution < 1.29 is 18.9 Å². The molecule has 0 unspecified atom stereocenters. The number of non-ortho nitro benzene ring substituents is 1. The standard InChI is InChI=1S/C22H14ClN3O5S2/c1-12(27)24-13-2-4-14(5-3-13)25-21(28)20(33-22(25)32)11-16-7-9-19(31-16)17-8-6-15(26(29)30)10-18(17)23/h2-11H,1H3,(H,24,27)/b20-11+. The molecule has 1 fully saturated rings. The van der Waals surface area contributed by atoms with Gasteiger partial charge in [0.15, 0.2) is 4.32 Å². The molecule has 1 N–H and O–H groups in total. The summed E-state index contributed by atoms with van der Waals surface area (Å²) < 4.78 is 6.16. The van der Waals surface area contributed by atoms with Gasteiger partial charge in [0, 0.05) is 36.4 Å². The second-order valence-electron chi connectivity index (χ2n) is 6.87. The van der Waals surface area contributed by atoms with Gasteiger partial charge in [0.05, 0.1) is 20.5 Å². The van der Waals surface area contributed by atoms with Gasteiger partial charge in [-0.1, -0.05) is 35.6 Å². The first kappa shape index (κ1) is 22.7. The number of nitro groups is 1. The lowest BCUT2D eigenvalue weighted by Gasteiger charge is -2.15. The molecule has 8 nitrogen and oxygen atoms in total. The number of furan rings is 1. The van der Waals surface area contributed by atoms with E-state index in [2.05, 4.69) is 5.32 Å². The quantitative estimate of drug-likeness (QED) is 0.202. The monoisotopic (exact) mass is 499 g/mol. The number of carbonyl (C=O) groups is 2. The van der Waals surface area contributed by atoms with Crippen molar-refractivity contribution >= 4 is 74.9 Å². The van der Waals surface area contributed by atoms with Gasteiger partial charge in [0.25, 0.3) is 11.6 Å². The van der Waals surface area contributed by atoms with Crippen molar-refractivity contribution in [2.45, 2.75) is 6.92 Å². The summed E-state index contributed by atoms with van der Waals surface area (Å²) >= 11 is 12.7. The topological polar surface area (TPSA) is 106 Å².